The maximum Gasteiger partial charge on any atom is 0.251 e. The van der Waals surface area contributed by atoms with Gasteiger partial charge in [0.05, 0.1) is 12.6 Å². The van der Waals surface area contributed by atoms with Crippen molar-refractivity contribution in [1.82, 2.24) is 9.55 Å². The summed E-state index contributed by atoms with van der Waals surface area (Å²) in [6.45, 7) is 1.76. The number of hydrogen-bond acceptors (Lipinski definition) is 5. The number of para-hydroxylation sites is 1. The number of fused-ring (bicyclic) bond motifs is 1. The van der Waals surface area contributed by atoms with E-state index >= 15 is 0 Å². The number of aryl methyl sites for hydroxylation is 1. The molecule has 0 aliphatic carbocycles. The molecule has 0 fully saturated rings. The fourth-order valence-corrected chi connectivity index (χ4v) is 3.02. The number of hydrogen-bond donors (Lipinski definition) is 1. The molecule has 1 amide bonds. The summed E-state index contributed by atoms with van der Waals surface area (Å²) in [6.07, 6.45) is 1.61. The lowest BCUT2D eigenvalue weighted by Gasteiger charge is -2.14. The van der Waals surface area contributed by atoms with Gasteiger partial charge in [-0.3, -0.25) is 14.2 Å². The van der Waals surface area contributed by atoms with Crippen molar-refractivity contribution in [2.24, 2.45) is 0 Å². The van der Waals surface area contributed by atoms with E-state index in [0.29, 0.717) is 16.4 Å². The predicted molar refractivity (Wildman–Crippen MR) is 90.2 cm³/mol. The third kappa shape index (κ3) is 2.95. The highest BCUT2D eigenvalue weighted by molar-refractivity contribution is 7.13. The highest BCUT2D eigenvalue weighted by atomic mass is 32.1. The molecule has 118 valence electrons. The fraction of sp³-hybridized carbons (Fsp3) is 0.188. The minimum absolute atomic E-state index is 0.102. The van der Waals surface area contributed by atoms with Crippen LogP contribution in [0, 0.1) is 6.92 Å². The number of methoxy groups -OCH3 is 1. The van der Waals surface area contributed by atoms with Gasteiger partial charge in [0, 0.05) is 23.0 Å². The average Bonchev–Trinajstić information content (AvgIpc) is 3.03. The van der Waals surface area contributed by atoms with Gasteiger partial charge in [0.15, 0.2) is 5.13 Å². The highest BCUT2D eigenvalue weighted by Crippen LogP contribution is 2.26. The summed E-state index contributed by atoms with van der Waals surface area (Å²) in [5.74, 6) is 0.253. The first kappa shape index (κ1) is 15.2. The molecule has 0 aliphatic heterocycles. The number of nitrogens with one attached hydrogen (secondary N) is 1. The number of aromatic nitrogens is 2. The molecule has 0 bridgehead atoms. The minimum atomic E-state index is -0.307. The number of benzene rings is 1. The van der Waals surface area contributed by atoms with Crippen LogP contribution in [0.15, 0.2) is 40.6 Å². The second-order valence-corrected chi connectivity index (χ2v) is 5.89. The number of carbonyl (C=O) groups is 1. The topological polar surface area (TPSA) is 73.2 Å². The van der Waals surface area contributed by atoms with Crippen LogP contribution in [0.5, 0.6) is 5.75 Å². The van der Waals surface area contributed by atoms with E-state index in [1.165, 1.54) is 22.0 Å². The van der Waals surface area contributed by atoms with Gasteiger partial charge in [0.2, 0.25) is 5.91 Å². The fourth-order valence-electron chi connectivity index (χ4n) is 2.48. The second-order valence-electron chi connectivity index (χ2n) is 4.99. The van der Waals surface area contributed by atoms with Crippen molar-refractivity contribution in [1.29, 1.82) is 0 Å². The van der Waals surface area contributed by atoms with Gasteiger partial charge in [0.1, 0.15) is 12.3 Å². The molecule has 7 heteroatoms. The number of pyridine rings is 1. The normalized spacial score (nSPS) is 10.7. The highest BCUT2D eigenvalue weighted by Gasteiger charge is 2.14. The molecule has 3 rings (SSSR count). The van der Waals surface area contributed by atoms with Crippen LogP contribution >= 0.6 is 11.3 Å². The molecule has 3 aromatic rings. The first-order valence-electron chi connectivity index (χ1n) is 6.96. The van der Waals surface area contributed by atoms with Crippen LogP contribution < -0.4 is 15.6 Å². The van der Waals surface area contributed by atoms with E-state index in [1.807, 2.05) is 19.1 Å². The predicted octanol–water partition coefficient (Wildman–Crippen LogP) is 2.41. The van der Waals surface area contributed by atoms with Gasteiger partial charge in [-0.1, -0.05) is 12.1 Å². The van der Waals surface area contributed by atoms with Crippen LogP contribution in [0.2, 0.25) is 0 Å². The first-order chi connectivity index (χ1) is 11.1. The van der Waals surface area contributed by atoms with Crippen LogP contribution in [-0.2, 0) is 11.3 Å². The van der Waals surface area contributed by atoms with E-state index in [0.717, 1.165) is 10.9 Å². The Morgan fingerprint density at radius 3 is 2.96 bits per heavy atom. The van der Waals surface area contributed by atoms with E-state index < -0.39 is 0 Å². The van der Waals surface area contributed by atoms with Gasteiger partial charge in [0.25, 0.3) is 5.56 Å². The van der Waals surface area contributed by atoms with E-state index in [9.17, 15) is 9.59 Å². The quantitative estimate of drug-likeness (QED) is 0.798. The smallest absolute Gasteiger partial charge is 0.251 e. The van der Waals surface area contributed by atoms with E-state index in [2.05, 4.69) is 10.3 Å². The Hall–Kier alpha value is -2.67. The molecule has 0 atom stereocenters. The third-order valence-electron chi connectivity index (χ3n) is 3.50. The molecular weight excluding hydrogens is 314 g/mol. The number of amides is 1. The zero-order chi connectivity index (χ0) is 16.4. The molecule has 0 aliphatic rings. The monoisotopic (exact) mass is 329 g/mol. The summed E-state index contributed by atoms with van der Waals surface area (Å²) >= 11 is 1.32. The van der Waals surface area contributed by atoms with E-state index in [4.69, 9.17) is 4.74 Å². The van der Waals surface area contributed by atoms with Crippen molar-refractivity contribution < 1.29 is 9.53 Å². The Morgan fingerprint density at radius 1 is 1.43 bits per heavy atom. The average molecular weight is 329 g/mol. The van der Waals surface area contributed by atoms with Gasteiger partial charge >= 0.3 is 0 Å². The number of thiazole rings is 1. The number of ether oxygens (including phenoxy) is 1. The van der Waals surface area contributed by atoms with Crippen molar-refractivity contribution in [3.63, 3.8) is 0 Å². The zero-order valence-electron chi connectivity index (χ0n) is 12.7. The molecule has 0 unspecified atom stereocenters. The molecule has 2 aromatic heterocycles. The maximum absolute atomic E-state index is 12.4. The molecule has 2 heterocycles. The lowest BCUT2D eigenvalue weighted by atomic mass is 10.1. The standard InChI is InChI=1S/C16H15N3O3S/c1-10-8-14(21)19(9-13(20)18-16-17-6-7-23-16)15-11(10)4-3-5-12(15)22-2/h3-8H,9H2,1-2H3,(H,17,18,20). The number of anilines is 1. The zero-order valence-corrected chi connectivity index (χ0v) is 13.5. The molecule has 23 heavy (non-hydrogen) atoms. The summed E-state index contributed by atoms with van der Waals surface area (Å²) in [6, 6.07) is 7.06. The van der Waals surface area contributed by atoms with E-state index in [-0.39, 0.29) is 18.0 Å². The Bertz CT molecular complexity index is 916. The number of nitrogens with zero attached hydrogens (tertiary/aromatic N) is 2. The van der Waals surface area contributed by atoms with Crippen LogP contribution in [0.1, 0.15) is 5.56 Å². The second kappa shape index (κ2) is 6.21. The number of carbonyl (C=O) groups excluding carboxylic acids is 1. The lowest BCUT2D eigenvalue weighted by Crippen LogP contribution is -2.28. The van der Waals surface area contributed by atoms with Gasteiger partial charge in [-0.05, 0) is 18.6 Å². The summed E-state index contributed by atoms with van der Waals surface area (Å²) < 4.78 is 6.78. The molecule has 6 nitrogen and oxygen atoms in total. The summed E-state index contributed by atoms with van der Waals surface area (Å²) in [7, 11) is 1.54. The molecule has 0 saturated heterocycles. The molecule has 1 N–H and O–H groups in total. The third-order valence-corrected chi connectivity index (χ3v) is 4.19. The van der Waals surface area contributed by atoms with Crippen LogP contribution in [0.25, 0.3) is 10.9 Å². The largest absolute Gasteiger partial charge is 0.495 e. The number of rotatable bonds is 4. The van der Waals surface area contributed by atoms with Crippen molar-refractivity contribution in [3.05, 3.63) is 51.8 Å². The van der Waals surface area contributed by atoms with Gasteiger partial charge < -0.3 is 10.1 Å². The molecular formula is C16H15N3O3S. The first-order valence-corrected chi connectivity index (χ1v) is 7.84. The Labute approximate surface area is 136 Å². The van der Waals surface area contributed by atoms with Crippen molar-refractivity contribution in [3.8, 4) is 5.75 Å². The van der Waals surface area contributed by atoms with Gasteiger partial charge in [-0.25, -0.2) is 4.98 Å². The molecule has 1 aromatic carbocycles. The summed E-state index contributed by atoms with van der Waals surface area (Å²) in [5, 5.41) is 5.84. The molecule has 0 radical (unpaired) electrons. The van der Waals surface area contributed by atoms with Crippen molar-refractivity contribution >= 4 is 33.3 Å². The molecule has 0 spiro atoms. The Morgan fingerprint density at radius 2 is 2.26 bits per heavy atom. The summed E-state index contributed by atoms with van der Waals surface area (Å²) in [5.41, 5.74) is 1.23. The van der Waals surface area contributed by atoms with E-state index in [1.54, 1.807) is 24.8 Å². The van der Waals surface area contributed by atoms with Crippen LogP contribution in [-0.4, -0.2) is 22.6 Å². The lowest BCUT2D eigenvalue weighted by molar-refractivity contribution is -0.116. The van der Waals surface area contributed by atoms with Crippen molar-refractivity contribution in [2.45, 2.75) is 13.5 Å². The maximum atomic E-state index is 12.4. The van der Waals surface area contributed by atoms with Gasteiger partial charge in [-0.2, -0.15) is 0 Å². The Kier molecular flexibility index (Phi) is 4.12. The Balaban J connectivity index is 2.06. The SMILES string of the molecule is COc1cccc2c(C)cc(=O)n(CC(=O)Nc3nccs3)c12. The minimum Gasteiger partial charge on any atom is -0.495 e. The van der Waals surface area contributed by atoms with Gasteiger partial charge in [-0.15, -0.1) is 11.3 Å². The summed E-state index contributed by atoms with van der Waals surface area (Å²) in [4.78, 5) is 28.6. The van der Waals surface area contributed by atoms with Crippen LogP contribution in [0.3, 0.4) is 0 Å². The molecule has 0 saturated carbocycles. The van der Waals surface area contributed by atoms with Crippen LogP contribution in [0.4, 0.5) is 5.13 Å². The van der Waals surface area contributed by atoms with Crippen molar-refractivity contribution in [2.75, 3.05) is 12.4 Å².